The van der Waals surface area contributed by atoms with Crippen molar-refractivity contribution < 1.29 is 4.39 Å². The molecule has 60 valence electrons. The van der Waals surface area contributed by atoms with Crippen LogP contribution in [0.15, 0.2) is 30.5 Å². The summed E-state index contributed by atoms with van der Waals surface area (Å²) in [7, 11) is 0. The third-order valence-electron chi connectivity index (χ3n) is 1.65. The van der Waals surface area contributed by atoms with E-state index >= 15 is 0 Å². The summed E-state index contributed by atoms with van der Waals surface area (Å²) in [5, 5.41) is 2.05. The number of benzene rings is 1. The third kappa shape index (κ3) is 1.25. The summed E-state index contributed by atoms with van der Waals surface area (Å²) in [6.07, 6.45) is 1.62. The maximum atomic E-state index is 12.7. The van der Waals surface area contributed by atoms with Crippen molar-refractivity contribution in [2.24, 2.45) is 0 Å². The molecule has 12 heavy (non-hydrogen) atoms. The number of fused-ring (bicyclic) bond motifs is 1. The van der Waals surface area contributed by atoms with Gasteiger partial charge in [0.05, 0.1) is 0 Å². The molecule has 0 spiro atoms. The van der Waals surface area contributed by atoms with Crippen LogP contribution in [-0.4, -0.2) is 4.98 Å². The Kier molecular flexibility index (Phi) is 1.70. The van der Waals surface area contributed by atoms with Crippen molar-refractivity contribution in [3.63, 3.8) is 0 Å². The van der Waals surface area contributed by atoms with Gasteiger partial charge >= 0.3 is 0 Å². The number of nitrogens with zero attached hydrogens (tertiary/aromatic N) is 1. The van der Waals surface area contributed by atoms with Crippen LogP contribution in [0.3, 0.4) is 0 Å². The topological polar surface area (TPSA) is 12.9 Å². The smallest absolute Gasteiger partial charge is 0.129 e. The average molecular weight is 182 g/mol. The van der Waals surface area contributed by atoms with Gasteiger partial charge in [0.1, 0.15) is 11.0 Å². The Hall–Kier alpha value is -1.15. The van der Waals surface area contributed by atoms with E-state index in [4.69, 9.17) is 11.6 Å². The van der Waals surface area contributed by atoms with Gasteiger partial charge in [0, 0.05) is 11.6 Å². The van der Waals surface area contributed by atoms with Crippen LogP contribution in [0.5, 0.6) is 0 Å². The molecule has 0 amide bonds. The molecule has 2 aromatic rings. The molecule has 1 aromatic carbocycles. The Balaban J connectivity index is 2.80. The lowest BCUT2D eigenvalue weighted by Gasteiger charge is -1.96. The molecule has 0 atom stereocenters. The van der Waals surface area contributed by atoms with Crippen LogP contribution in [-0.2, 0) is 0 Å². The predicted octanol–water partition coefficient (Wildman–Crippen LogP) is 3.03. The predicted molar refractivity (Wildman–Crippen MR) is 46.7 cm³/mol. The summed E-state index contributed by atoms with van der Waals surface area (Å²) >= 11 is 5.64. The maximum Gasteiger partial charge on any atom is 0.129 e. The standard InChI is InChI=1S/C9H5ClFN/c10-9-4-7-3-8(11)2-1-6(7)5-12-9/h1-5H. The third-order valence-corrected chi connectivity index (χ3v) is 1.86. The van der Waals surface area contributed by atoms with E-state index < -0.39 is 0 Å². The summed E-state index contributed by atoms with van der Waals surface area (Å²) < 4.78 is 12.7. The lowest BCUT2D eigenvalue weighted by molar-refractivity contribution is 0.629. The maximum absolute atomic E-state index is 12.7. The second-order valence-corrected chi connectivity index (χ2v) is 2.89. The molecule has 3 heteroatoms. The largest absolute Gasteiger partial charge is 0.244 e. The molecule has 0 aliphatic heterocycles. The molecule has 2 rings (SSSR count). The first-order valence-electron chi connectivity index (χ1n) is 3.46. The normalized spacial score (nSPS) is 10.5. The van der Waals surface area contributed by atoms with Gasteiger partial charge < -0.3 is 0 Å². The summed E-state index contributed by atoms with van der Waals surface area (Å²) in [6, 6.07) is 6.15. The van der Waals surface area contributed by atoms with Crippen molar-refractivity contribution in [2.75, 3.05) is 0 Å². The van der Waals surface area contributed by atoms with Crippen molar-refractivity contribution >= 4 is 22.4 Å². The Bertz CT molecular complexity index is 391. The van der Waals surface area contributed by atoms with E-state index in [0.717, 1.165) is 10.8 Å². The molecule has 0 aliphatic carbocycles. The molecule has 0 fully saturated rings. The van der Waals surface area contributed by atoms with E-state index in [-0.39, 0.29) is 5.82 Å². The minimum absolute atomic E-state index is 0.259. The van der Waals surface area contributed by atoms with Gasteiger partial charge in [-0.15, -0.1) is 0 Å². The number of pyridine rings is 1. The van der Waals surface area contributed by atoms with Crippen LogP contribution < -0.4 is 0 Å². The number of aromatic nitrogens is 1. The van der Waals surface area contributed by atoms with Gasteiger partial charge in [-0.2, -0.15) is 0 Å². The number of hydrogen-bond donors (Lipinski definition) is 0. The van der Waals surface area contributed by atoms with Crippen molar-refractivity contribution in [1.29, 1.82) is 0 Å². The molecule has 0 saturated heterocycles. The lowest BCUT2D eigenvalue weighted by atomic mass is 10.2. The van der Waals surface area contributed by atoms with E-state index in [1.165, 1.54) is 12.1 Å². The Morgan fingerprint density at radius 3 is 2.83 bits per heavy atom. The van der Waals surface area contributed by atoms with Gasteiger partial charge in [-0.1, -0.05) is 11.6 Å². The van der Waals surface area contributed by atoms with Gasteiger partial charge in [-0.25, -0.2) is 9.37 Å². The first-order chi connectivity index (χ1) is 5.75. The molecule has 0 bridgehead atoms. The molecular formula is C9H5ClFN. The van der Waals surface area contributed by atoms with Gasteiger partial charge in [0.2, 0.25) is 0 Å². The van der Waals surface area contributed by atoms with E-state index in [0.29, 0.717) is 5.15 Å². The lowest BCUT2D eigenvalue weighted by Crippen LogP contribution is -1.78. The quantitative estimate of drug-likeness (QED) is 0.570. The Labute approximate surface area is 73.8 Å². The van der Waals surface area contributed by atoms with Gasteiger partial charge in [-0.05, 0) is 29.7 Å². The summed E-state index contributed by atoms with van der Waals surface area (Å²) in [5.41, 5.74) is 0. The van der Waals surface area contributed by atoms with Crippen LogP contribution in [0.4, 0.5) is 4.39 Å². The monoisotopic (exact) mass is 181 g/mol. The fraction of sp³-hybridized carbons (Fsp3) is 0. The number of rotatable bonds is 0. The van der Waals surface area contributed by atoms with Crippen LogP contribution in [0.25, 0.3) is 10.8 Å². The molecule has 0 saturated carbocycles. The zero-order valence-electron chi connectivity index (χ0n) is 6.09. The van der Waals surface area contributed by atoms with Crippen LogP contribution in [0.1, 0.15) is 0 Å². The van der Waals surface area contributed by atoms with Crippen LogP contribution >= 0.6 is 11.6 Å². The highest BCUT2D eigenvalue weighted by molar-refractivity contribution is 6.30. The average Bonchev–Trinajstić information content (AvgIpc) is 2.03. The molecule has 0 unspecified atom stereocenters. The minimum Gasteiger partial charge on any atom is -0.244 e. The second kappa shape index (κ2) is 2.72. The van der Waals surface area contributed by atoms with Gasteiger partial charge in [0.25, 0.3) is 0 Å². The van der Waals surface area contributed by atoms with E-state index in [9.17, 15) is 4.39 Å². The van der Waals surface area contributed by atoms with Crippen molar-refractivity contribution in [1.82, 2.24) is 4.98 Å². The summed E-state index contributed by atoms with van der Waals surface area (Å²) in [4.78, 5) is 3.88. The van der Waals surface area contributed by atoms with Crippen LogP contribution in [0, 0.1) is 5.82 Å². The highest BCUT2D eigenvalue weighted by atomic mass is 35.5. The van der Waals surface area contributed by atoms with Gasteiger partial charge in [-0.3, -0.25) is 0 Å². The SMILES string of the molecule is Fc1ccc2cnc(Cl)cc2c1. The molecule has 0 radical (unpaired) electrons. The van der Waals surface area contributed by atoms with Gasteiger partial charge in [0.15, 0.2) is 0 Å². The van der Waals surface area contributed by atoms with Crippen molar-refractivity contribution in [2.45, 2.75) is 0 Å². The molecule has 0 N–H and O–H groups in total. The first-order valence-corrected chi connectivity index (χ1v) is 3.84. The van der Waals surface area contributed by atoms with E-state index in [2.05, 4.69) is 4.98 Å². The van der Waals surface area contributed by atoms with E-state index in [1.807, 2.05) is 0 Å². The molecule has 1 heterocycles. The second-order valence-electron chi connectivity index (χ2n) is 2.50. The fourth-order valence-corrected chi connectivity index (χ4v) is 1.25. The minimum atomic E-state index is -0.259. The molecule has 1 aromatic heterocycles. The van der Waals surface area contributed by atoms with E-state index in [1.54, 1.807) is 18.3 Å². The molecular weight excluding hydrogens is 177 g/mol. The Morgan fingerprint density at radius 2 is 2.00 bits per heavy atom. The van der Waals surface area contributed by atoms with Crippen molar-refractivity contribution in [3.05, 3.63) is 41.4 Å². The summed E-state index contributed by atoms with van der Waals surface area (Å²) in [6.45, 7) is 0. The molecule has 1 nitrogen and oxygen atoms in total. The van der Waals surface area contributed by atoms with Crippen molar-refractivity contribution in [3.8, 4) is 0 Å². The first kappa shape index (κ1) is 7.50. The number of hydrogen-bond acceptors (Lipinski definition) is 1. The number of halogens is 2. The fourth-order valence-electron chi connectivity index (χ4n) is 1.08. The zero-order valence-corrected chi connectivity index (χ0v) is 6.85. The zero-order chi connectivity index (χ0) is 8.55. The summed E-state index contributed by atoms with van der Waals surface area (Å²) in [5.74, 6) is -0.259. The highest BCUT2D eigenvalue weighted by Gasteiger charge is 1.96. The molecule has 0 aliphatic rings. The van der Waals surface area contributed by atoms with Crippen LogP contribution in [0.2, 0.25) is 5.15 Å². The highest BCUT2D eigenvalue weighted by Crippen LogP contribution is 2.17. The Morgan fingerprint density at radius 1 is 1.17 bits per heavy atom.